The number of aromatic nitrogens is 5. The standard InChI is InChI=1S/C17H15N5O/c1-21-13-7-5-8-14(16(13)19-20-21)22-11-10-18-17(22)12-6-3-4-9-15(12)23-2/h3-11H,1-2H3. The van der Waals surface area contributed by atoms with Crippen LogP contribution in [-0.4, -0.2) is 31.7 Å². The number of ether oxygens (including phenoxy) is 1. The van der Waals surface area contributed by atoms with Gasteiger partial charge in [0.2, 0.25) is 0 Å². The van der Waals surface area contributed by atoms with Crippen LogP contribution in [0.3, 0.4) is 0 Å². The molecule has 0 amide bonds. The number of aryl methyl sites for hydroxylation is 1. The molecule has 0 aliphatic carbocycles. The molecule has 4 rings (SSSR count). The van der Waals surface area contributed by atoms with Crippen LogP contribution >= 0.6 is 0 Å². The molecule has 114 valence electrons. The number of hydrogen-bond donors (Lipinski definition) is 0. The third-order valence-corrected chi connectivity index (χ3v) is 3.87. The van der Waals surface area contributed by atoms with Crippen LogP contribution in [0.25, 0.3) is 28.1 Å². The SMILES string of the molecule is COc1ccccc1-c1nccn1-c1cccc2c1nnn2C. The van der Waals surface area contributed by atoms with Crippen molar-refractivity contribution in [3.63, 3.8) is 0 Å². The zero-order valence-corrected chi connectivity index (χ0v) is 12.8. The van der Waals surface area contributed by atoms with E-state index in [0.717, 1.165) is 33.9 Å². The zero-order chi connectivity index (χ0) is 15.8. The summed E-state index contributed by atoms with van der Waals surface area (Å²) in [5.41, 5.74) is 3.68. The van der Waals surface area contributed by atoms with Gasteiger partial charge in [-0.1, -0.05) is 23.4 Å². The Balaban J connectivity index is 1.96. The fraction of sp³-hybridized carbons (Fsp3) is 0.118. The number of fused-ring (bicyclic) bond motifs is 1. The highest BCUT2D eigenvalue weighted by atomic mass is 16.5. The van der Waals surface area contributed by atoms with E-state index in [9.17, 15) is 0 Å². The highest BCUT2D eigenvalue weighted by Gasteiger charge is 2.15. The van der Waals surface area contributed by atoms with E-state index in [-0.39, 0.29) is 0 Å². The predicted octanol–water partition coefficient (Wildman–Crippen LogP) is 2.83. The van der Waals surface area contributed by atoms with Crippen molar-refractivity contribution in [2.24, 2.45) is 7.05 Å². The summed E-state index contributed by atoms with van der Waals surface area (Å²) in [6, 6.07) is 13.8. The van der Waals surface area contributed by atoms with Crippen molar-refractivity contribution in [3.05, 3.63) is 54.9 Å². The van der Waals surface area contributed by atoms with Crippen LogP contribution in [0.15, 0.2) is 54.9 Å². The molecule has 6 heteroatoms. The maximum absolute atomic E-state index is 5.47. The van der Waals surface area contributed by atoms with Crippen LogP contribution in [0.5, 0.6) is 5.75 Å². The van der Waals surface area contributed by atoms with Crippen LogP contribution in [-0.2, 0) is 7.05 Å². The van der Waals surface area contributed by atoms with Crippen molar-refractivity contribution in [2.75, 3.05) is 7.11 Å². The molecule has 0 unspecified atom stereocenters. The Bertz CT molecular complexity index is 985. The molecular formula is C17H15N5O. The molecule has 4 aromatic rings. The average Bonchev–Trinajstić information content (AvgIpc) is 3.22. The first-order valence-electron chi connectivity index (χ1n) is 7.25. The molecule has 0 aliphatic heterocycles. The summed E-state index contributed by atoms with van der Waals surface area (Å²) in [5, 5.41) is 8.40. The largest absolute Gasteiger partial charge is 0.496 e. The Labute approximate surface area is 133 Å². The highest BCUT2D eigenvalue weighted by molar-refractivity contribution is 5.84. The fourth-order valence-corrected chi connectivity index (χ4v) is 2.76. The van der Waals surface area contributed by atoms with Crippen molar-refractivity contribution in [1.29, 1.82) is 0 Å². The van der Waals surface area contributed by atoms with Crippen LogP contribution < -0.4 is 4.74 Å². The van der Waals surface area contributed by atoms with Crippen LogP contribution in [0.4, 0.5) is 0 Å². The lowest BCUT2D eigenvalue weighted by atomic mass is 10.1. The van der Waals surface area contributed by atoms with E-state index < -0.39 is 0 Å². The normalized spacial score (nSPS) is 11.0. The number of benzene rings is 2. The summed E-state index contributed by atoms with van der Waals surface area (Å²) < 4.78 is 9.24. The van der Waals surface area contributed by atoms with E-state index in [1.54, 1.807) is 18.0 Å². The predicted molar refractivity (Wildman–Crippen MR) is 87.6 cm³/mol. The van der Waals surface area contributed by atoms with Gasteiger partial charge in [-0.15, -0.1) is 5.10 Å². The van der Waals surface area contributed by atoms with Crippen molar-refractivity contribution < 1.29 is 4.74 Å². The Morgan fingerprint density at radius 1 is 1.04 bits per heavy atom. The molecule has 6 nitrogen and oxygen atoms in total. The minimum Gasteiger partial charge on any atom is -0.496 e. The number of hydrogen-bond acceptors (Lipinski definition) is 4. The van der Waals surface area contributed by atoms with E-state index in [0.29, 0.717) is 0 Å². The molecule has 0 atom stereocenters. The first-order valence-corrected chi connectivity index (χ1v) is 7.25. The second kappa shape index (κ2) is 5.24. The first kappa shape index (κ1) is 13.5. The lowest BCUT2D eigenvalue weighted by molar-refractivity contribution is 0.416. The number of imidazole rings is 1. The topological polar surface area (TPSA) is 57.8 Å². The lowest BCUT2D eigenvalue weighted by Crippen LogP contribution is -1.99. The molecule has 23 heavy (non-hydrogen) atoms. The number of rotatable bonds is 3. The summed E-state index contributed by atoms with van der Waals surface area (Å²) >= 11 is 0. The van der Waals surface area contributed by atoms with Crippen molar-refractivity contribution in [2.45, 2.75) is 0 Å². The summed E-state index contributed by atoms with van der Waals surface area (Å²) in [6.45, 7) is 0. The summed E-state index contributed by atoms with van der Waals surface area (Å²) in [5.74, 6) is 1.59. The Kier molecular flexibility index (Phi) is 3.08. The molecule has 2 aromatic carbocycles. The average molecular weight is 305 g/mol. The molecule has 0 saturated heterocycles. The van der Waals surface area contributed by atoms with Gasteiger partial charge in [0.15, 0.2) is 0 Å². The first-order chi connectivity index (χ1) is 11.3. The Morgan fingerprint density at radius 2 is 1.91 bits per heavy atom. The summed E-state index contributed by atoms with van der Waals surface area (Å²) in [4.78, 5) is 4.51. The smallest absolute Gasteiger partial charge is 0.148 e. The van der Waals surface area contributed by atoms with E-state index in [1.165, 1.54) is 0 Å². The van der Waals surface area contributed by atoms with E-state index in [4.69, 9.17) is 4.74 Å². The number of methoxy groups -OCH3 is 1. The van der Waals surface area contributed by atoms with Crippen molar-refractivity contribution in [1.82, 2.24) is 24.5 Å². The third-order valence-electron chi connectivity index (χ3n) is 3.87. The molecule has 2 aromatic heterocycles. The van der Waals surface area contributed by atoms with Gasteiger partial charge in [0.25, 0.3) is 0 Å². The minimum atomic E-state index is 0.784. The minimum absolute atomic E-state index is 0.784. The quantitative estimate of drug-likeness (QED) is 0.584. The Hall–Kier alpha value is -3.15. The lowest BCUT2D eigenvalue weighted by Gasteiger charge is -2.11. The highest BCUT2D eigenvalue weighted by Crippen LogP contribution is 2.31. The molecule has 0 aliphatic rings. The second-order valence-electron chi connectivity index (χ2n) is 5.18. The van der Waals surface area contributed by atoms with Gasteiger partial charge in [-0.05, 0) is 24.3 Å². The van der Waals surface area contributed by atoms with Crippen molar-refractivity contribution in [3.8, 4) is 22.8 Å². The fourth-order valence-electron chi connectivity index (χ4n) is 2.76. The molecule has 2 heterocycles. The van der Waals surface area contributed by atoms with Crippen LogP contribution in [0, 0.1) is 0 Å². The van der Waals surface area contributed by atoms with E-state index in [1.807, 2.05) is 60.3 Å². The number of nitrogens with zero attached hydrogens (tertiary/aromatic N) is 5. The van der Waals surface area contributed by atoms with Gasteiger partial charge in [-0.25, -0.2) is 9.67 Å². The van der Waals surface area contributed by atoms with Gasteiger partial charge >= 0.3 is 0 Å². The van der Waals surface area contributed by atoms with Gasteiger partial charge < -0.3 is 4.74 Å². The molecule has 0 spiro atoms. The monoisotopic (exact) mass is 305 g/mol. The zero-order valence-electron chi connectivity index (χ0n) is 12.8. The molecule has 0 saturated carbocycles. The summed E-state index contributed by atoms with van der Waals surface area (Å²) in [6.07, 6.45) is 3.70. The Morgan fingerprint density at radius 3 is 2.78 bits per heavy atom. The van der Waals surface area contributed by atoms with Gasteiger partial charge in [0.05, 0.1) is 23.9 Å². The van der Waals surface area contributed by atoms with Gasteiger partial charge in [0, 0.05) is 19.4 Å². The maximum Gasteiger partial charge on any atom is 0.148 e. The van der Waals surface area contributed by atoms with E-state index in [2.05, 4.69) is 15.3 Å². The molecular weight excluding hydrogens is 290 g/mol. The molecule has 0 radical (unpaired) electrons. The summed E-state index contributed by atoms with van der Waals surface area (Å²) in [7, 11) is 3.55. The van der Waals surface area contributed by atoms with Gasteiger partial charge in [-0.2, -0.15) is 0 Å². The van der Waals surface area contributed by atoms with E-state index >= 15 is 0 Å². The van der Waals surface area contributed by atoms with Gasteiger partial charge in [-0.3, -0.25) is 4.57 Å². The second-order valence-corrected chi connectivity index (χ2v) is 5.18. The van der Waals surface area contributed by atoms with Crippen LogP contribution in [0.1, 0.15) is 0 Å². The molecule has 0 fully saturated rings. The van der Waals surface area contributed by atoms with Gasteiger partial charge in [0.1, 0.15) is 17.1 Å². The number of para-hydroxylation sites is 1. The maximum atomic E-state index is 5.47. The third kappa shape index (κ3) is 2.07. The van der Waals surface area contributed by atoms with Crippen LogP contribution in [0.2, 0.25) is 0 Å². The molecule has 0 bridgehead atoms. The van der Waals surface area contributed by atoms with Crippen molar-refractivity contribution >= 4 is 11.0 Å². The molecule has 0 N–H and O–H groups in total.